The molecule has 0 atom stereocenters. The van der Waals surface area contributed by atoms with Crippen molar-refractivity contribution in [2.75, 3.05) is 0 Å². The number of rotatable bonds is 1. The second-order valence-electron chi connectivity index (χ2n) is 5.15. The molecule has 2 aromatic rings. The van der Waals surface area contributed by atoms with Crippen molar-refractivity contribution in [3.05, 3.63) is 48.3 Å². The summed E-state index contributed by atoms with van der Waals surface area (Å²) in [5, 5.41) is 0. The molecule has 2 nitrogen and oxygen atoms in total. The fraction of sp³-hybridized carbons (Fsp3) is 0.200. The van der Waals surface area contributed by atoms with Crippen molar-refractivity contribution in [1.29, 1.82) is 0 Å². The van der Waals surface area contributed by atoms with E-state index in [1.54, 1.807) is 6.20 Å². The third kappa shape index (κ3) is 3.54. The summed E-state index contributed by atoms with van der Waals surface area (Å²) >= 11 is 0. The number of pyridine rings is 2. The van der Waals surface area contributed by atoms with E-state index in [9.17, 15) is 0 Å². The van der Waals surface area contributed by atoms with E-state index in [4.69, 9.17) is 0 Å². The van der Waals surface area contributed by atoms with Crippen LogP contribution in [0.15, 0.2) is 42.7 Å². The maximum absolute atomic E-state index is 4.40. The van der Waals surface area contributed by atoms with Gasteiger partial charge in [-0.25, -0.2) is 0 Å². The first-order valence-corrected chi connectivity index (χ1v) is 9.45. The first kappa shape index (κ1) is 12.5. The molecule has 0 aromatic carbocycles. The summed E-state index contributed by atoms with van der Waals surface area (Å²) in [6.07, 6.45) is 3.59. The summed E-state index contributed by atoms with van der Waals surface area (Å²) in [4.78, 5) is 8.67. The third-order valence-electron chi connectivity index (χ3n) is 2.27. The SMILES string of the molecule is C[Si](C)(C)C#Cc1ccc(-c2ccccn2)nc1. The molecular formula is C15H16N2Si. The number of hydrogen-bond acceptors (Lipinski definition) is 2. The van der Waals surface area contributed by atoms with Crippen LogP contribution in [0.3, 0.4) is 0 Å². The lowest BCUT2D eigenvalue weighted by Crippen LogP contribution is -2.16. The monoisotopic (exact) mass is 252 g/mol. The van der Waals surface area contributed by atoms with E-state index in [-0.39, 0.29) is 0 Å². The molecule has 0 amide bonds. The zero-order valence-electron chi connectivity index (χ0n) is 10.9. The fourth-order valence-corrected chi connectivity index (χ4v) is 1.91. The molecular weight excluding hydrogens is 236 g/mol. The van der Waals surface area contributed by atoms with Gasteiger partial charge in [0.25, 0.3) is 0 Å². The van der Waals surface area contributed by atoms with Gasteiger partial charge < -0.3 is 0 Å². The van der Waals surface area contributed by atoms with Crippen molar-refractivity contribution in [3.8, 4) is 22.9 Å². The van der Waals surface area contributed by atoms with Gasteiger partial charge in [-0.1, -0.05) is 31.6 Å². The van der Waals surface area contributed by atoms with Gasteiger partial charge in [0.05, 0.1) is 11.4 Å². The lowest BCUT2D eigenvalue weighted by Gasteiger charge is -2.03. The van der Waals surface area contributed by atoms with Crippen LogP contribution in [0.1, 0.15) is 5.56 Å². The van der Waals surface area contributed by atoms with E-state index < -0.39 is 8.07 Å². The van der Waals surface area contributed by atoms with E-state index in [2.05, 4.69) is 41.1 Å². The molecule has 0 saturated carbocycles. The molecule has 18 heavy (non-hydrogen) atoms. The van der Waals surface area contributed by atoms with Gasteiger partial charge in [0.15, 0.2) is 0 Å². The zero-order chi connectivity index (χ0) is 13.0. The van der Waals surface area contributed by atoms with Gasteiger partial charge >= 0.3 is 0 Å². The maximum Gasteiger partial charge on any atom is 0.129 e. The average Bonchev–Trinajstić information content (AvgIpc) is 2.37. The number of aromatic nitrogens is 2. The topological polar surface area (TPSA) is 25.8 Å². The molecule has 2 rings (SSSR count). The standard InChI is InChI=1S/C15H16N2Si/c1-18(2,3)11-9-13-7-8-15(17-12-13)14-6-4-5-10-16-14/h4-8,10,12H,1-3H3. The lowest BCUT2D eigenvalue weighted by molar-refractivity contribution is 1.24. The molecule has 0 saturated heterocycles. The van der Waals surface area contributed by atoms with Gasteiger partial charge in [0.1, 0.15) is 8.07 Å². The first-order valence-electron chi connectivity index (χ1n) is 5.95. The van der Waals surface area contributed by atoms with Crippen LogP contribution in [0.5, 0.6) is 0 Å². The molecule has 0 aliphatic heterocycles. The Bertz CT molecular complexity index is 572. The molecule has 0 aliphatic rings. The molecule has 0 fully saturated rings. The molecule has 3 heteroatoms. The highest BCUT2D eigenvalue weighted by atomic mass is 28.3. The third-order valence-corrected chi connectivity index (χ3v) is 3.15. The Morgan fingerprint density at radius 3 is 2.28 bits per heavy atom. The summed E-state index contributed by atoms with van der Waals surface area (Å²) in [5.41, 5.74) is 6.07. The Hall–Kier alpha value is -1.92. The smallest absolute Gasteiger partial charge is 0.129 e. The Balaban J connectivity index is 2.23. The first-order chi connectivity index (χ1) is 8.54. The van der Waals surface area contributed by atoms with Crippen LogP contribution in [0.25, 0.3) is 11.4 Å². The Morgan fingerprint density at radius 1 is 0.944 bits per heavy atom. The van der Waals surface area contributed by atoms with Crippen LogP contribution in [-0.2, 0) is 0 Å². The highest BCUT2D eigenvalue weighted by molar-refractivity contribution is 6.83. The van der Waals surface area contributed by atoms with Crippen molar-refractivity contribution in [3.63, 3.8) is 0 Å². The summed E-state index contributed by atoms with van der Waals surface area (Å²) in [6, 6.07) is 9.79. The van der Waals surface area contributed by atoms with E-state index in [0.29, 0.717) is 0 Å². The predicted octanol–water partition coefficient (Wildman–Crippen LogP) is 3.37. The van der Waals surface area contributed by atoms with Gasteiger partial charge in [-0.05, 0) is 24.3 Å². The van der Waals surface area contributed by atoms with E-state index >= 15 is 0 Å². The maximum atomic E-state index is 4.40. The molecule has 90 valence electrons. The molecule has 0 N–H and O–H groups in total. The van der Waals surface area contributed by atoms with Gasteiger partial charge in [-0.2, -0.15) is 0 Å². The van der Waals surface area contributed by atoms with Gasteiger partial charge in [-0.3, -0.25) is 9.97 Å². The van der Waals surface area contributed by atoms with E-state index in [0.717, 1.165) is 17.0 Å². The normalized spacial score (nSPS) is 10.6. The summed E-state index contributed by atoms with van der Waals surface area (Å²) in [5.74, 6) is 3.19. The largest absolute Gasteiger partial charge is 0.255 e. The number of nitrogens with zero attached hydrogens (tertiary/aromatic N) is 2. The molecule has 0 unspecified atom stereocenters. The minimum atomic E-state index is -1.32. The minimum Gasteiger partial charge on any atom is -0.255 e. The van der Waals surface area contributed by atoms with Gasteiger partial charge in [0, 0.05) is 18.0 Å². The van der Waals surface area contributed by atoms with Crippen LogP contribution in [0.2, 0.25) is 19.6 Å². The predicted molar refractivity (Wildman–Crippen MR) is 77.7 cm³/mol. The van der Waals surface area contributed by atoms with E-state index in [1.165, 1.54) is 0 Å². The number of hydrogen-bond donors (Lipinski definition) is 0. The Labute approximate surface area is 109 Å². The van der Waals surface area contributed by atoms with Crippen LogP contribution < -0.4 is 0 Å². The van der Waals surface area contributed by atoms with Crippen molar-refractivity contribution >= 4 is 8.07 Å². The minimum absolute atomic E-state index is 0.883. The highest BCUT2D eigenvalue weighted by Crippen LogP contribution is 2.13. The second kappa shape index (κ2) is 5.15. The van der Waals surface area contributed by atoms with E-state index in [1.807, 2.05) is 36.5 Å². The van der Waals surface area contributed by atoms with Crippen LogP contribution >= 0.6 is 0 Å². The fourth-order valence-electron chi connectivity index (χ4n) is 1.39. The quantitative estimate of drug-likeness (QED) is 0.574. The second-order valence-corrected chi connectivity index (χ2v) is 9.90. The van der Waals surface area contributed by atoms with Crippen LogP contribution in [0, 0.1) is 11.5 Å². The van der Waals surface area contributed by atoms with Crippen molar-refractivity contribution in [2.24, 2.45) is 0 Å². The molecule has 0 spiro atoms. The highest BCUT2D eigenvalue weighted by Gasteiger charge is 2.07. The molecule has 0 bridgehead atoms. The van der Waals surface area contributed by atoms with Crippen LogP contribution in [0.4, 0.5) is 0 Å². The van der Waals surface area contributed by atoms with Crippen molar-refractivity contribution in [1.82, 2.24) is 9.97 Å². The molecule has 0 radical (unpaired) electrons. The summed E-state index contributed by atoms with van der Waals surface area (Å²) in [6.45, 7) is 6.70. The van der Waals surface area contributed by atoms with Gasteiger partial charge in [-0.15, -0.1) is 5.54 Å². The van der Waals surface area contributed by atoms with Crippen LogP contribution in [-0.4, -0.2) is 18.0 Å². The Kier molecular flexibility index (Phi) is 3.59. The Morgan fingerprint density at radius 2 is 1.72 bits per heavy atom. The lowest BCUT2D eigenvalue weighted by atomic mass is 10.2. The summed E-state index contributed by atoms with van der Waals surface area (Å²) in [7, 11) is -1.32. The summed E-state index contributed by atoms with van der Waals surface area (Å²) < 4.78 is 0. The molecule has 2 aromatic heterocycles. The van der Waals surface area contributed by atoms with Crippen molar-refractivity contribution < 1.29 is 0 Å². The molecule has 0 aliphatic carbocycles. The average molecular weight is 252 g/mol. The van der Waals surface area contributed by atoms with Crippen molar-refractivity contribution in [2.45, 2.75) is 19.6 Å². The van der Waals surface area contributed by atoms with Gasteiger partial charge in [0.2, 0.25) is 0 Å². The zero-order valence-corrected chi connectivity index (χ0v) is 11.9. The molecule has 2 heterocycles.